The minimum Gasteiger partial charge on any atom is -0.325 e. The van der Waals surface area contributed by atoms with Crippen LogP contribution in [0.5, 0.6) is 0 Å². The fourth-order valence-corrected chi connectivity index (χ4v) is 6.79. The lowest BCUT2D eigenvalue weighted by atomic mass is 9.86. The molecule has 5 aromatic rings. The van der Waals surface area contributed by atoms with Crippen LogP contribution in [0.15, 0.2) is 108 Å². The number of H-pyrrole nitrogens is 1. The number of rotatable bonds is 9. The minimum atomic E-state index is -0.0289. The van der Waals surface area contributed by atoms with Crippen LogP contribution in [0.4, 0.5) is 0 Å². The molecule has 220 valence electrons. The first kappa shape index (κ1) is 29.0. The zero-order chi connectivity index (χ0) is 29.8. The summed E-state index contributed by atoms with van der Waals surface area (Å²) in [5.74, 6) is 0.302. The molecule has 1 unspecified atom stereocenters. The molecule has 0 saturated carbocycles. The first-order valence-corrected chi connectivity index (χ1v) is 15.7. The Morgan fingerprint density at radius 2 is 1.65 bits per heavy atom. The third-order valence-corrected chi connectivity index (χ3v) is 8.89. The van der Waals surface area contributed by atoms with Gasteiger partial charge in [0.15, 0.2) is 0 Å². The number of pyridine rings is 2. The van der Waals surface area contributed by atoms with Gasteiger partial charge in [0.25, 0.3) is 5.56 Å². The number of aromatic nitrogens is 2. The molecule has 0 spiro atoms. The van der Waals surface area contributed by atoms with Crippen molar-refractivity contribution < 1.29 is 0 Å². The number of benzene rings is 3. The highest BCUT2D eigenvalue weighted by Crippen LogP contribution is 2.36. The van der Waals surface area contributed by atoms with Gasteiger partial charge in [-0.1, -0.05) is 80.6 Å². The molecule has 0 bridgehead atoms. The monoisotopic (exact) mass is 570 g/mol. The molecule has 1 fully saturated rings. The molecular weight excluding hydrogens is 528 g/mol. The van der Waals surface area contributed by atoms with Crippen molar-refractivity contribution >= 4 is 10.8 Å². The quantitative estimate of drug-likeness (QED) is 0.193. The zero-order valence-electron chi connectivity index (χ0n) is 25.5. The van der Waals surface area contributed by atoms with E-state index >= 15 is 0 Å². The highest BCUT2D eigenvalue weighted by atomic mass is 16.1. The molecule has 5 heteroatoms. The fraction of sp³-hybridized carbons (Fsp3) is 0.316. The van der Waals surface area contributed by atoms with Gasteiger partial charge >= 0.3 is 0 Å². The van der Waals surface area contributed by atoms with Gasteiger partial charge in [-0.25, -0.2) is 0 Å². The molecule has 0 amide bonds. The minimum absolute atomic E-state index is 0.0289. The van der Waals surface area contributed by atoms with Crippen molar-refractivity contribution in [3.8, 4) is 22.3 Å². The molecule has 2 aromatic heterocycles. The summed E-state index contributed by atoms with van der Waals surface area (Å²) in [6, 6.07) is 32.8. The predicted molar refractivity (Wildman–Crippen MR) is 178 cm³/mol. The smallest absolute Gasteiger partial charge is 0.256 e. The Morgan fingerprint density at radius 1 is 0.907 bits per heavy atom. The topological polar surface area (TPSA) is 61.0 Å². The SMILES string of the molecule is CC(C)N[C@@H](Cc1ccccc1)CN1CCC(c2cc(-c3ccncc3)c(-c3ccc4ccccc4c3)c(=O)[nH]2)C[C@H]1C. The van der Waals surface area contributed by atoms with Gasteiger partial charge in [0.2, 0.25) is 0 Å². The lowest BCUT2D eigenvalue weighted by molar-refractivity contribution is 0.128. The Kier molecular flexibility index (Phi) is 8.82. The van der Waals surface area contributed by atoms with E-state index in [0.717, 1.165) is 65.7 Å². The number of piperidine rings is 1. The Hall–Kier alpha value is -4.06. The van der Waals surface area contributed by atoms with Crippen LogP contribution in [0.25, 0.3) is 33.0 Å². The first-order chi connectivity index (χ1) is 20.9. The summed E-state index contributed by atoms with van der Waals surface area (Å²) >= 11 is 0. The van der Waals surface area contributed by atoms with Crippen molar-refractivity contribution in [2.24, 2.45) is 0 Å². The lowest BCUT2D eigenvalue weighted by Crippen LogP contribution is -2.50. The molecule has 3 heterocycles. The summed E-state index contributed by atoms with van der Waals surface area (Å²) < 4.78 is 0. The second-order valence-electron chi connectivity index (χ2n) is 12.4. The third kappa shape index (κ3) is 6.79. The fourth-order valence-electron chi connectivity index (χ4n) is 6.79. The molecule has 1 saturated heterocycles. The van der Waals surface area contributed by atoms with Crippen molar-refractivity contribution in [1.29, 1.82) is 0 Å². The molecule has 6 rings (SSSR count). The molecule has 3 atom stereocenters. The van der Waals surface area contributed by atoms with Crippen LogP contribution in [0.3, 0.4) is 0 Å². The first-order valence-electron chi connectivity index (χ1n) is 15.7. The van der Waals surface area contributed by atoms with Crippen molar-refractivity contribution in [2.75, 3.05) is 13.1 Å². The van der Waals surface area contributed by atoms with E-state index in [0.29, 0.717) is 24.0 Å². The van der Waals surface area contributed by atoms with Gasteiger partial charge in [0, 0.05) is 48.7 Å². The van der Waals surface area contributed by atoms with Crippen LogP contribution in [-0.2, 0) is 6.42 Å². The molecule has 0 radical (unpaired) electrons. The molecule has 0 aliphatic carbocycles. The third-order valence-electron chi connectivity index (χ3n) is 8.89. The average Bonchev–Trinajstić information content (AvgIpc) is 3.02. The molecule has 5 nitrogen and oxygen atoms in total. The van der Waals surface area contributed by atoms with E-state index in [1.807, 2.05) is 24.3 Å². The van der Waals surface area contributed by atoms with Crippen LogP contribution in [-0.4, -0.2) is 46.1 Å². The van der Waals surface area contributed by atoms with Crippen molar-refractivity contribution in [1.82, 2.24) is 20.2 Å². The number of likely N-dealkylation sites (tertiary alicyclic amines) is 1. The van der Waals surface area contributed by atoms with E-state index in [2.05, 4.69) is 108 Å². The lowest BCUT2D eigenvalue weighted by Gasteiger charge is -2.40. The van der Waals surface area contributed by atoms with Crippen molar-refractivity contribution in [3.05, 3.63) is 125 Å². The number of nitrogens with zero attached hydrogens (tertiary/aromatic N) is 2. The Morgan fingerprint density at radius 3 is 2.40 bits per heavy atom. The Bertz CT molecular complexity index is 1710. The molecular formula is C38H42N4O. The van der Waals surface area contributed by atoms with Gasteiger partial charge in [-0.2, -0.15) is 0 Å². The molecule has 1 aliphatic rings. The van der Waals surface area contributed by atoms with E-state index in [1.54, 1.807) is 12.4 Å². The van der Waals surface area contributed by atoms with E-state index in [9.17, 15) is 4.79 Å². The largest absolute Gasteiger partial charge is 0.325 e. The summed E-state index contributed by atoms with van der Waals surface area (Å²) in [4.78, 5) is 24.1. The summed E-state index contributed by atoms with van der Waals surface area (Å²) in [6.45, 7) is 8.82. The van der Waals surface area contributed by atoms with Crippen molar-refractivity contribution in [3.63, 3.8) is 0 Å². The molecule has 1 aliphatic heterocycles. The highest BCUT2D eigenvalue weighted by molar-refractivity contribution is 5.91. The van der Waals surface area contributed by atoms with Crippen LogP contribution in [0.1, 0.15) is 50.8 Å². The molecule has 2 N–H and O–H groups in total. The number of fused-ring (bicyclic) bond motifs is 1. The maximum Gasteiger partial charge on any atom is 0.256 e. The number of hydrogen-bond donors (Lipinski definition) is 2. The second kappa shape index (κ2) is 13.1. The summed E-state index contributed by atoms with van der Waals surface area (Å²) in [5.41, 5.74) is 6.01. The van der Waals surface area contributed by atoms with Gasteiger partial charge in [-0.3, -0.25) is 14.7 Å². The average molecular weight is 571 g/mol. The Labute approximate surface area is 255 Å². The van der Waals surface area contributed by atoms with E-state index in [4.69, 9.17) is 0 Å². The van der Waals surface area contributed by atoms with Gasteiger partial charge in [0.1, 0.15) is 0 Å². The maximum absolute atomic E-state index is 13.9. The summed E-state index contributed by atoms with van der Waals surface area (Å²) in [6.07, 6.45) is 6.66. The van der Waals surface area contributed by atoms with E-state index in [1.165, 1.54) is 10.9 Å². The standard InChI is InChI=1S/C38H42N4O/c1-26(2)40-34(22-28-9-5-4-6-10-28)25-42-20-17-32(21-27(42)3)36-24-35(30-15-18-39-19-16-30)37(38(43)41-36)33-14-13-29-11-7-8-12-31(29)23-33/h4-16,18-19,23-24,26-27,32,34,40H,17,20-22,25H2,1-3H3,(H,41,43)/t27-,32?,34+/m1/s1. The second-order valence-corrected chi connectivity index (χ2v) is 12.4. The summed E-state index contributed by atoms with van der Waals surface area (Å²) in [5, 5.41) is 6.11. The highest BCUT2D eigenvalue weighted by Gasteiger charge is 2.30. The van der Waals surface area contributed by atoms with Crippen LogP contribution < -0.4 is 10.9 Å². The van der Waals surface area contributed by atoms with Crippen LogP contribution >= 0.6 is 0 Å². The van der Waals surface area contributed by atoms with E-state index in [-0.39, 0.29) is 5.56 Å². The van der Waals surface area contributed by atoms with Gasteiger partial charge in [-0.15, -0.1) is 0 Å². The normalized spacial score (nSPS) is 18.2. The molecule has 43 heavy (non-hydrogen) atoms. The van der Waals surface area contributed by atoms with Gasteiger partial charge in [0.05, 0.1) is 5.56 Å². The maximum atomic E-state index is 13.9. The number of aromatic amines is 1. The van der Waals surface area contributed by atoms with E-state index < -0.39 is 0 Å². The zero-order valence-corrected chi connectivity index (χ0v) is 25.5. The Balaban J connectivity index is 1.26. The number of nitrogens with one attached hydrogen (secondary N) is 2. The van der Waals surface area contributed by atoms with Gasteiger partial charge in [-0.05, 0) is 90.0 Å². The van der Waals surface area contributed by atoms with Gasteiger partial charge < -0.3 is 10.3 Å². The van der Waals surface area contributed by atoms with Crippen LogP contribution in [0, 0.1) is 0 Å². The predicted octanol–water partition coefficient (Wildman–Crippen LogP) is 7.43. The summed E-state index contributed by atoms with van der Waals surface area (Å²) in [7, 11) is 0. The van der Waals surface area contributed by atoms with Crippen LogP contribution in [0.2, 0.25) is 0 Å². The molecule has 3 aromatic carbocycles. The van der Waals surface area contributed by atoms with Crippen molar-refractivity contribution in [2.45, 2.75) is 64.1 Å². The number of hydrogen-bond acceptors (Lipinski definition) is 4.